The Labute approximate surface area is 119 Å². The van der Waals surface area contributed by atoms with Crippen molar-refractivity contribution >= 4 is 5.69 Å². The Morgan fingerprint density at radius 3 is 2.75 bits per heavy atom. The average molecular weight is 275 g/mol. The van der Waals surface area contributed by atoms with E-state index in [4.69, 9.17) is 13.9 Å². The molecule has 1 aromatic heterocycles. The molecule has 0 bridgehead atoms. The van der Waals surface area contributed by atoms with Gasteiger partial charge in [-0.1, -0.05) is 0 Å². The highest BCUT2D eigenvalue weighted by Gasteiger charge is 2.09. The molecule has 1 aromatic carbocycles. The van der Waals surface area contributed by atoms with E-state index in [1.54, 1.807) is 13.4 Å². The first-order chi connectivity index (χ1) is 9.72. The first kappa shape index (κ1) is 14.3. The largest absolute Gasteiger partial charge is 0.493 e. The smallest absolute Gasteiger partial charge is 0.163 e. The summed E-state index contributed by atoms with van der Waals surface area (Å²) in [5, 5.41) is 3.43. The molecule has 1 N–H and O–H groups in total. The van der Waals surface area contributed by atoms with Crippen molar-refractivity contribution < 1.29 is 13.9 Å². The molecule has 20 heavy (non-hydrogen) atoms. The molecule has 2 rings (SSSR count). The van der Waals surface area contributed by atoms with Crippen LogP contribution in [0.3, 0.4) is 0 Å². The summed E-state index contributed by atoms with van der Waals surface area (Å²) in [5.74, 6) is 2.48. The molecule has 0 fully saturated rings. The Morgan fingerprint density at radius 1 is 1.25 bits per heavy atom. The normalized spacial score (nSPS) is 11.9. The molecule has 0 saturated carbocycles. The highest BCUT2D eigenvalue weighted by Crippen LogP contribution is 2.30. The zero-order valence-corrected chi connectivity index (χ0v) is 12.2. The van der Waals surface area contributed by atoms with E-state index in [1.165, 1.54) is 0 Å². The lowest BCUT2D eigenvalue weighted by atomic mass is 10.2. The van der Waals surface area contributed by atoms with Gasteiger partial charge in [0.2, 0.25) is 0 Å². The standard InChI is InChI=1S/C16H21NO3/c1-4-19-16-11-13(7-8-15(16)18-3)17-12(2)10-14-6-5-9-20-14/h5-9,11-12,17H,4,10H2,1-3H3. The minimum absolute atomic E-state index is 0.268. The highest BCUT2D eigenvalue weighted by atomic mass is 16.5. The minimum atomic E-state index is 0.268. The maximum Gasteiger partial charge on any atom is 0.163 e. The van der Waals surface area contributed by atoms with Crippen LogP contribution in [0.5, 0.6) is 11.5 Å². The van der Waals surface area contributed by atoms with E-state index in [9.17, 15) is 0 Å². The van der Waals surface area contributed by atoms with Gasteiger partial charge in [0, 0.05) is 24.2 Å². The van der Waals surface area contributed by atoms with Gasteiger partial charge in [-0.25, -0.2) is 0 Å². The third-order valence-electron chi connectivity index (χ3n) is 2.96. The molecule has 1 unspecified atom stereocenters. The van der Waals surface area contributed by atoms with E-state index < -0.39 is 0 Å². The predicted molar refractivity (Wildman–Crippen MR) is 79.7 cm³/mol. The van der Waals surface area contributed by atoms with E-state index in [0.717, 1.165) is 29.4 Å². The molecule has 0 saturated heterocycles. The summed E-state index contributed by atoms with van der Waals surface area (Å²) in [5.41, 5.74) is 1.01. The van der Waals surface area contributed by atoms with Crippen molar-refractivity contribution in [1.29, 1.82) is 0 Å². The number of furan rings is 1. The quantitative estimate of drug-likeness (QED) is 0.836. The number of benzene rings is 1. The fourth-order valence-corrected chi connectivity index (χ4v) is 2.10. The van der Waals surface area contributed by atoms with Gasteiger partial charge in [-0.05, 0) is 38.1 Å². The molecule has 0 aliphatic carbocycles. The molecule has 0 radical (unpaired) electrons. The SMILES string of the molecule is CCOc1cc(NC(C)Cc2ccco2)ccc1OC. The molecule has 4 heteroatoms. The van der Waals surface area contributed by atoms with E-state index >= 15 is 0 Å². The van der Waals surface area contributed by atoms with Crippen LogP contribution in [0.25, 0.3) is 0 Å². The average Bonchev–Trinajstić information content (AvgIpc) is 2.92. The van der Waals surface area contributed by atoms with Gasteiger partial charge < -0.3 is 19.2 Å². The molecule has 0 aliphatic rings. The van der Waals surface area contributed by atoms with Gasteiger partial charge in [0.15, 0.2) is 11.5 Å². The van der Waals surface area contributed by atoms with Crippen LogP contribution in [0.1, 0.15) is 19.6 Å². The van der Waals surface area contributed by atoms with Crippen molar-refractivity contribution in [3.05, 3.63) is 42.4 Å². The number of ether oxygens (including phenoxy) is 2. The van der Waals surface area contributed by atoms with Gasteiger partial charge in [-0.2, -0.15) is 0 Å². The second-order valence-electron chi connectivity index (χ2n) is 4.63. The monoisotopic (exact) mass is 275 g/mol. The number of hydrogen-bond acceptors (Lipinski definition) is 4. The van der Waals surface area contributed by atoms with Crippen molar-refractivity contribution in [3.8, 4) is 11.5 Å². The summed E-state index contributed by atoms with van der Waals surface area (Å²) in [6.45, 7) is 4.69. The number of nitrogens with one attached hydrogen (secondary N) is 1. The summed E-state index contributed by atoms with van der Waals surface area (Å²) in [6, 6.07) is 10.0. The summed E-state index contributed by atoms with van der Waals surface area (Å²) < 4.78 is 16.2. The molecule has 0 aliphatic heterocycles. The second-order valence-corrected chi connectivity index (χ2v) is 4.63. The molecule has 1 atom stereocenters. The van der Waals surface area contributed by atoms with Gasteiger partial charge in [-0.3, -0.25) is 0 Å². The minimum Gasteiger partial charge on any atom is -0.493 e. The first-order valence-corrected chi connectivity index (χ1v) is 6.82. The van der Waals surface area contributed by atoms with Gasteiger partial charge in [0.1, 0.15) is 5.76 Å². The van der Waals surface area contributed by atoms with Gasteiger partial charge >= 0.3 is 0 Å². The Bertz CT molecular complexity index is 523. The van der Waals surface area contributed by atoms with Crippen LogP contribution < -0.4 is 14.8 Å². The van der Waals surface area contributed by atoms with E-state index in [2.05, 4.69) is 12.2 Å². The topological polar surface area (TPSA) is 43.6 Å². The number of anilines is 1. The predicted octanol–water partition coefficient (Wildman–Crippen LogP) is 3.73. The summed E-state index contributed by atoms with van der Waals surface area (Å²) in [4.78, 5) is 0. The Balaban J connectivity index is 2.03. The molecule has 4 nitrogen and oxygen atoms in total. The first-order valence-electron chi connectivity index (χ1n) is 6.82. The van der Waals surface area contributed by atoms with E-state index in [1.807, 2.05) is 37.3 Å². The third-order valence-corrected chi connectivity index (χ3v) is 2.96. The van der Waals surface area contributed by atoms with E-state index in [0.29, 0.717) is 6.61 Å². The molecule has 1 heterocycles. The number of hydrogen-bond donors (Lipinski definition) is 1. The highest BCUT2D eigenvalue weighted by molar-refractivity contribution is 5.55. The molecular weight excluding hydrogens is 254 g/mol. The van der Waals surface area contributed by atoms with Gasteiger partial charge in [0.05, 0.1) is 20.0 Å². The summed E-state index contributed by atoms with van der Waals surface area (Å²) in [7, 11) is 1.64. The van der Waals surface area contributed by atoms with Crippen LogP contribution in [-0.4, -0.2) is 19.8 Å². The summed E-state index contributed by atoms with van der Waals surface area (Å²) >= 11 is 0. The molecular formula is C16H21NO3. The number of methoxy groups -OCH3 is 1. The van der Waals surface area contributed by atoms with Crippen LogP contribution in [0.2, 0.25) is 0 Å². The Morgan fingerprint density at radius 2 is 2.10 bits per heavy atom. The lowest BCUT2D eigenvalue weighted by molar-refractivity contribution is 0.311. The van der Waals surface area contributed by atoms with Crippen LogP contribution in [0.15, 0.2) is 41.0 Å². The zero-order chi connectivity index (χ0) is 14.4. The maximum absolute atomic E-state index is 5.57. The molecule has 2 aromatic rings. The Kier molecular flexibility index (Phi) is 4.93. The molecule has 0 spiro atoms. The lowest BCUT2D eigenvalue weighted by Crippen LogP contribution is -2.17. The van der Waals surface area contributed by atoms with Crippen LogP contribution in [0.4, 0.5) is 5.69 Å². The van der Waals surface area contributed by atoms with Crippen molar-refractivity contribution in [2.75, 3.05) is 19.0 Å². The van der Waals surface area contributed by atoms with Crippen LogP contribution in [0, 0.1) is 0 Å². The van der Waals surface area contributed by atoms with Gasteiger partial charge in [-0.15, -0.1) is 0 Å². The van der Waals surface area contributed by atoms with Crippen molar-refractivity contribution in [3.63, 3.8) is 0 Å². The fraction of sp³-hybridized carbons (Fsp3) is 0.375. The van der Waals surface area contributed by atoms with Crippen molar-refractivity contribution in [2.24, 2.45) is 0 Å². The van der Waals surface area contributed by atoms with Crippen molar-refractivity contribution in [1.82, 2.24) is 0 Å². The van der Waals surface area contributed by atoms with Gasteiger partial charge in [0.25, 0.3) is 0 Å². The number of rotatable bonds is 7. The second kappa shape index (κ2) is 6.89. The van der Waals surface area contributed by atoms with Crippen molar-refractivity contribution in [2.45, 2.75) is 26.3 Å². The zero-order valence-electron chi connectivity index (χ0n) is 12.2. The molecule has 0 amide bonds. The van der Waals surface area contributed by atoms with E-state index in [-0.39, 0.29) is 6.04 Å². The Hall–Kier alpha value is -2.10. The fourth-order valence-electron chi connectivity index (χ4n) is 2.10. The molecule has 108 valence electrons. The van der Waals surface area contributed by atoms with Crippen LogP contribution >= 0.6 is 0 Å². The lowest BCUT2D eigenvalue weighted by Gasteiger charge is -2.16. The maximum atomic E-state index is 5.57. The third kappa shape index (κ3) is 3.70. The van der Waals surface area contributed by atoms with Crippen LogP contribution in [-0.2, 0) is 6.42 Å². The summed E-state index contributed by atoms with van der Waals surface area (Å²) in [6.07, 6.45) is 2.53.